The summed E-state index contributed by atoms with van der Waals surface area (Å²) in [6, 6.07) is 25.8. The zero-order valence-corrected chi connectivity index (χ0v) is 22.5. The van der Waals surface area contributed by atoms with Crippen molar-refractivity contribution in [2.75, 3.05) is 26.7 Å². The Morgan fingerprint density at radius 2 is 1.63 bits per heavy atom. The highest BCUT2D eigenvalue weighted by Crippen LogP contribution is 2.38. The summed E-state index contributed by atoms with van der Waals surface area (Å²) in [6.45, 7) is 2.48. The fourth-order valence-electron chi connectivity index (χ4n) is 6.43. The van der Waals surface area contributed by atoms with Crippen molar-refractivity contribution in [1.82, 2.24) is 30.0 Å². The number of rotatable bonds is 7. The lowest BCUT2D eigenvalue weighted by Crippen LogP contribution is -2.58. The minimum absolute atomic E-state index is 0.0665. The standard InChI is InChI=1S/C30H31F3N6O2/c1-41-27-13-12-23(39-29(30(31,32)33)34-35-36-39)14-22(27)16-37-17-24-15-25(40)18-38(24)26(19-37)28(20-8-4-2-5-9-20)21-10-6-3-7-11-21/h2-14,24-26,28,40H,15-19H2,1H3/t24-,25+,26+/m0/s1. The van der Waals surface area contributed by atoms with Gasteiger partial charge in [0.25, 0.3) is 5.82 Å². The van der Waals surface area contributed by atoms with Crippen LogP contribution in [-0.2, 0) is 12.7 Å². The van der Waals surface area contributed by atoms with Gasteiger partial charge in [-0.25, -0.2) is 0 Å². The fraction of sp³-hybridized carbons (Fsp3) is 0.367. The number of hydrogen-bond acceptors (Lipinski definition) is 7. The molecule has 1 aromatic heterocycles. The molecule has 3 heterocycles. The summed E-state index contributed by atoms with van der Waals surface area (Å²) in [7, 11) is 1.55. The van der Waals surface area contributed by atoms with Gasteiger partial charge in [0.15, 0.2) is 0 Å². The molecule has 4 aromatic rings. The van der Waals surface area contributed by atoms with Gasteiger partial charge in [-0.05, 0) is 46.2 Å². The average molecular weight is 565 g/mol. The van der Waals surface area contributed by atoms with E-state index in [0.717, 1.165) is 12.1 Å². The number of alkyl halides is 3. The first kappa shape index (κ1) is 27.4. The molecule has 214 valence electrons. The smallest absolute Gasteiger partial charge is 0.453 e. The third kappa shape index (κ3) is 5.57. The maximum atomic E-state index is 13.5. The van der Waals surface area contributed by atoms with Gasteiger partial charge >= 0.3 is 6.18 Å². The van der Waals surface area contributed by atoms with Crippen LogP contribution in [-0.4, -0.2) is 80.0 Å². The predicted molar refractivity (Wildman–Crippen MR) is 146 cm³/mol. The van der Waals surface area contributed by atoms with Crippen molar-refractivity contribution >= 4 is 0 Å². The third-order valence-electron chi connectivity index (χ3n) is 8.10. The first-order chi connectivity index (χ1) is 19.8. The van der Waals surface area contributed by atoms with Crippen LogP contribution in [0.1, 0.15) is 34.9 Å². The number of aliphatic hydroxyl groups excluding tert-OH is 1. The molecule has 3 aromatic carbocycles. The average Bonchev–Trinajstić information content (AvgIpc) is 3.61. The Kier molecular flexibility index (Phi) is 7.50. The molecule has 0 unspecified atom stereocenters. The molecule has 2 aliphatic rings. The molecule has 0 aliphatic carbocycles. The van der Waals surface area contributed by atoms with E-state index in [2.05, 4.69) is 49.6 Å². The topological polar surface area (TPSA) is 79.5 Å². The molecule has 0 bridgehead atoms. The van der Waals surface area contributed by atoms with Crippen LogP contribution in [0.3, 0.4) is 0 Å². The number of halogens is 3. The van der Waals surface area contributed by atoms with Crippen molar-refractivity contribution in [2.45, 2.75) is 43.2 Å². The van der Waals surface area contributed by atoms with E-state index in [-0.39, 0.29) is 23.7 Å². The lowest BCUT2D eigenvalue weighted by atomic mass is 9.82. The van der Waals surface area contributed by atoms with Crippen molar-refractivity contribution in [3.05, 3.63) is 101 Å². The SMILES string of the molecule is COc1ccc(-n2nnnc2C(F)(F)F)cc1CN1C[C@@H]2C[C@@H](O)CN2[C@@H](C(c2ccccc2)c2ccccc2)C1. The second-order valence-corrected chi connectivity index (χ2v) is 10.7. The molecule has 0 amide bonds. The molecule has 0 spiro atoms. The maximum Gasteiger partial charge on any atom is 0.453 e. The van der Waals surface area contributed by atoms with Crippen LogP contribution in [0.2, 0.25) is 0 Å². The van der Waals surface area contributed by atoms with E-state index >= 15 is 0 Å². The Morgan fingerprint density at radius 3 is 2.27 bits per heavy atom. The first-order valence-electron chi connectivity index (χ1n) is 13.6. The van der Waals surface area contributed by atoms with E-state index in [1.807, 2.05) is 36.4 Å². The molecule has 0 radical (unpaired) electrons. The van der Waals surface area contributed by atoms with Crippen LogP contribution in [0.15, 0.2) is 78.9 Å². The van der Waals surface area contributed by atoms with Gasteiger partial charge in [0.2, 0.25) is 0 Å². The number of tetrazole rings is 1. The zero-order valence-electron chi connectivity index (χ0n) is 22.5. The van der Waals surface area contributed by atoms with Crippen molar-refractivity contribution < 1.29 is 23.0 Å². The van der Waals surface area contributed by atoms with E-state index in [1.54, 1.807) is 19.2 Å². The highest BCUT2D eigenvalue weighted by atomic mass is 19.4. The molecule has 0 saturated carbocycles. The maximum absolute atomic E-state index is 13.5. The van der Waals surface area contributed by atoms with Crippen molar-refractivity contribution in [2.24, 2.45) is 0 Å². The number of hydrogen-bond donors (Lipinski definition) is 1. The lowest BCUT2D eigenvalue weighted by molar-refractivity contribution is -0.146. The number of piperazine rings is 1. The quantitative estimate of drug-likeness (QED) is 0.362. The van der Waals surface area contributed by atoms with Gasteiger partial charge in [-0.1, -0.05) is 60.7 Å². The molecule has 3 atom stereocenters. The molecule has 1 N–H and O–H groups in total. The number of benzene rings is 3. The van der Waals surface area contributed by atoms with E-state index in [9.17, 15) is 18.3 Å². The molecule has 2 fully saturated rings. The zero-order chi connectivity index (χ0) is 28.6. The Labute approximate surface area is 236 Å². The highest BCUT2D eigenvalue weighted by molar-refractivity contribution is 5.44. The highest BCUT2D eigenvalue weighted by Gasteiger charge is 2.44. The van der Waals surface area contributed by atoms with Gasteiger partial charge in [-0.2, -0.15) is 17.9 Å². The number of fused-ring (bicyclic) bond motifs is 1. The van der Waals surface area contributed by atoms with E-state index in [4.69, 9.17) is 4.74 Å². The number of aliphatic hydroxyl groups is 1. The molecular weight excluding hydrogens is 533 g/mol. The summed E-state index contributed by atoms with van der Waals surface area (Å²) in [5, 5.41) is 20.7. The number of aromatic nitrogens is 4. The number of ether oxygens (including phenoxy) is 1. The van der Waals surface area contributed by atoms with E-state index < -0.39 is 18.1 Å². The molecular formula is C30H31F3N6O2. The molecule has 2 aliphatic heterocycles. The Balaban J connectivity index is 1.35. The molecule has 6 rings (SSSR count). The Bertz CT molecular complexity index is 1430. The van der Waals surface area contributed by atoms with E-state index in [0.29, 0.717) is 36.5 Å². The monoisotopic (exact) mass is 564 g/mol. The minimum atomic E-state index is -4.69. The van der Waals surface area contributed by atoms with Crippen LogP contribution in [0, 0.1) is 0 Å². The Hall–Kier alpha value is -3.80. The summed E-state index contributed by atoms with van der Waals surface area (Å²) in [5.41, 5.74) is 3.33. The van der Waals surface area contributed by atoms with Crippen LogP contribution in [0.4, 0.5) is 13.2 Å². The normalized spacial score (nSPS) is 21.8. The summed E-state index contributed by atoms with van der Waals surface area (Å²) in [5.74, 6) is -0.545. The lowest BCUT2D eigenvalue weighted by Gasteiger charge is -2.47. The van der Waals surface area contributed by atoms with Crippen LogP contribution in [0.25, 0.3) is 5.69 Å². The second-order valence-electron chi connectivity index (χ2n) is 10.7. The van der Waals surface area contributed by atoms with Crippen molar-refractivity contribution in [1.29, 1.82) is 0 Å². The molecule has 2 saturated heterocycles. The van der Waals surface area contributed by atoms with Gasteiger partial charge in [-0.15, -0.1) is 5.10 Å². The largest absolute Gasteiger partial charge is 0.496 e. The van der Waals surface area contributed by atoms with Gasteiger partial charge in [0, 0.05) is 49.7 Å². The molecule has 41 heavy (non-hydrogen) atoms. The molecule has 8 nitrogen and oxygen atoms in total. The predicted octanol–water partition coefficient (Wildman–Crippen LogP) is 4.14. The van der Waals surface area contributed by atoms with Gasteiger partial charge in [-0.3, -0.25) is 9.80 Å². The summed E-state index contributed by atoms with van der Waals surface area (Å²) in [6.07, 6.45) is -4.44. The minimum Gasteiger partial charge on any atom is -0.496 e. The fourth-order valence-corrected chi connectivity index (χ4v) is 6.43. The second kappa shape index (κ2) is 11.2. The van der Waals surface area contributed by atoms with Crippen LogP contribution >= 0.6 is 0 Å². The van der Waals surface area contributed by atoms with Gasteiger partial charge in [0.1, 0.15) is 5.75 Å². The number of nitrogens with zero attached hydrogens (tertiary/aromatic N) is 6. The summed E-state index contributed by atoms with van der Waals surface area (Å²) in [4.78, 5) is 4.75. The summed E-state index contributed by atoms with van der Waals surface area (Å²) < 4.78 is 46.9. The van der Waals surface area contributed by atoms with Crippen molar-refractivity contribution in [3.63, 3.8) is 0 Å². The third-order valence-corrected chi connectivity index (χ3v) is 8.10. The molecule has 11 heteroatoms. The Morgan fingerprint density at radius 1 is 0.951 bits per heavy atom. The van der Waals surface area contributed by atoms with Crippen molar-refractivity contribution in [3.8, 4) is 11.4 Å². The van der Waals surface area contributed by atoms with Gasteiger partial charge < -0.3 is 9.84 Å². The van der Waals surface area contributed by atoms with Gasteiger partial charge in [0.05, 0.1) is 18.9 Å². The number of methoxy groups -OCH3 is 1. The van der Waals surface area contributed by atoms with Crippen LogP contribution < -0.4 is 4.74 Å². The first-order valence-corrected chi connectivity index (χ1v) is 13.6. The summed E-state index contributed by atoms with van der Waals surface area (Å²) >= 11 is 0. The van der Waals surface area contributed by atoms with E-state index in [1.165, 1.54) is 17.2 Å². The van der Waals surface area contributed by atoms with Crippen LogP contribution in [0.5, 0.6) is 5.75 Å².